The van der Waals surface area contributed by atoms with E-state index in [1.54, 1.807) is 13.0 Å². The molecule has 0 aliphatic heterocycles. The van der Waals surface area contributed by atoms with Crippen molar-refractivity contribution in [2.75, 3.05) is 0 Å². The van der Waals surface area contributed by atoms with Crippen LogP contribution in [0.25, 0.3) is 0 Å². The Kier molecular flexibility index (Phi) is 3.25. The van der Waals surface area contributed by atoms with E-state index in [0.717, 1.165) is 11.1 Å². The van der Waals surface area contributed by atoms with Gasteiger partial charge in [0.2, 0.25) is 0 Å². The maximum atomic E-state index is 13.5. The summed E-state index contributed by atoms with van der Waals surface area (Å²) in [6.45, 7) is 3.78. The average molecular weight is 229 g/mol. The second kappa shape index (κ2) is 4.68. The second-order valence-corrected chi connectivity index (χ2v) is 4.40. The number of rotatable bonds is 2. The second-order valence-electron chi connectivity index (χ2n) is 4.40. The summed E-state index contributed by atoms with van der Waals surface area (Å²) in [5.74, 6) is -0.204. The van der Waals surface area contributed by atoms with Crippen LogP contribution in [-0.2, 0) is 0 Å². The molecule has 1 unspecified atom stereocenters. The van der Waals surface area contributed by atoms with Crippen LogP contribution in [0, 0.1) is 19.7 Å². The lowest BCUT2D eigenvalue weighted by Gasteiger charge is -2.13. The number of nitrogens with two attached hydrogens (primary N) is 1. The Morgan fingerprint density at radius 3 is 2.12 bits per heavy atom. The van der Waals surface area contributed by atoms with E-state index in [0.29, 0.717) is 5.56 Å². The van der Waals surface area contributed by atoms with Gasteiger partial charge in [0.1, 0.15) is 5.82 Å². The first kappa shape index (κ1) is 11.8. The Bertz CT molecular complexity index is 517. The summed E-state index contributed by atoms with van der Waals surface area (Å²) in [5, 5.41) is 0. The molecule has 1 nitrogen and oxygen atoms in total. The van der Waals surface area contributed by atoms with Crippen LogP contribution in [0.15, 0.2) is 42.5 Å². The molecule has 0 spiro atoms. The van der Waals surface area contributed by atoms with Gasteiger partial charge in [0.05, 0.1) is 6.04 Å². The minimum Gasteiger partial charge on any atom is -0.320 e. The summed E-state index contributed by atoms with van der Waals surface area (Å²) in [6.07, 6.45) is 0. The van der Waals surface area contributed by atoms with Crippen LogP contribution in [0.5, 0.6) is 0 Å². The van der Waals surface area contributed by atoms with Crippen LogP contribution in [0.2, 0.25) is 0 Å². The van der Waals surface area contributed by atoms with E-state index >= 15 is 0 Å². The molecule has 0 fully saturated rings. The summed E-state index contributed by atoms with van der Waals surface area (Å²) < 4.78 is 13.5. The molecule has 0 heterocycles. The van der Waals surface area contributed by atoms with Crippen LogP contribution < -0.4 is 5.73 Å². The van der Waals surface area contributed by atoms with E-state index in [9.17, 15) is 4.39 Å². The molecule has 0 saturated carbocycles. The van der Waals surface area contributed by atoms with Gasteiger partial charge in [-0.2, -0.15) is 0 Å². The van der Waals surface area contributed by atoms with Crippen LogP contribution in [0.3, 0.4) is 0 Å². The number of benzene rings is 2. The summed E-state index contributed by atoms with van der Waals surface area (Å²) in [4.78, 5) is 0. The van der Waals surface area contributed by atoms with E-state index in [4.69, 9.17) is 5.73 Å². The predicted octanol–water partition coefficient (Wildman–Crippen LogP) is 3.49. The molecule has 2 aromatic carbocycles. The first-order valence-electron chi connectivity index (χ1n) is 5.66. The maximum absolute atomic E-state index is 13.5. The van der Waals surface area contributed by atoms with Crippen molar-refractivity contribution < 1.29 is 4.39 Å². The van der Waals surface area contributed by atoms with Crippen molar-refractivity contribution in [3.8, 4) is 0 Å². The molecular formula is C15H16FN. The summed E-state index contributed by atoms with van der Waals surface area (Å²) >= 11 is 0. The maximum Gasteiger partial charge on any atom is 0.126 e. The van der Waals surface area contributed by atoms with Gasteiger partial charge < -0.3 is 5.73 Å². The summed E-state index contributed by atoms with van der Waals surface area (Å²) in [6, 6.07) is 12.9. The SMILES string of the molecule is Cc1ccc(C(N)c2ccc(C)c(F)c2)cc1. The van der Waals surface area contributed by atoms with Crippen molar-refractivity contribution in [1.29, 1.82) is 0 Å². The average Bonchev–Trinajstić information content (AvgIpc) is 2.33. The third-order valence-electron chi connectivity index (χ3n) is 2.99. The topological polar surface area (TPSA) is 26.0 Å². The molecule has 0 aliphatic carbocycles. The van der Waals surface area contributed by atoms with Gasteiger partial charge in [-0.1, -0.05) is 42.0 Å². The predicted molar refractivity (Wildman–Crippen MR) is 68.3 cm³/mol. The van der Waals surface area contributed by atoms with Crippen LogP contribution >= 0.6 is 0 Å². The molecule has 17 heavy (non-hydrogen) atoms. The summed E-state index contributed by atoms with van der Waals surface area (Å²) in [5.41, 5.74) is 9.75. The Morgan fingerprint density at radius 1 is 0.941 bits per heavy atom. The van der Waals surface area contributed by atoms with Crippen molar-refractivity contribution in [1.82, 2.24) is 0 Å². The molecular weight excluding hydrogens is 213 g/mol. The molecule has 0 saturated heterocycles. The van der Waals surface area contributed by atoms with Crippen molar-refractivity contribution in [3.63, 3.8) is 0 Å². The van der Waals surface area contributed by atoms with Crippen LogP contribution in [-0.4, -0.2) is 0 Å². The van der Waals surface area contributed by atoms with E-state index in [2.05, 4.69) is 0 Å². The minimum absolute atomic E-state index is 0.204. The third kappa shape index (κ3) is 2.53. The lowest BCUT2D eigenvalue weighted by molar-refractivity contribution is 0.614. The van der Waals surface area contributed by atoms with E-state index < -0.39 is 0 Å². The van der Waals surface area contributed by atoms with Crippen molar-refractivity contribution in [2.45, 2.75) is 19.9 Å². The van der Waals surface area contributed by atoms with Crippen LogP contribution in [0.4, 0.5) is 4.39 Å². The van der Waals surface area contributed by atoms with Gasteiger partial charge in [-0.25, -0.2) is 4.39 Å². The highest BCUT2D eigenvalue weighted by Crippen LogP contribution is 2.21. The zero-order chi connectivity index (χ0) is 12.4. The zero-order valence-corrected chi connectivity index (χ0v) is 10.1. The molecule has 0 aliphatic rings. The third-order valence-corrected chi connectivity index (χ3v) is 2.99. The Labute approximate surface area is 101 Å². The molecule has 0 amide bonds. The molecule has 2 heteroatoms. The molecule has 0 bridgehead atoms. The van der Waals surface area contributed by atoms with E-state index in [1.165, 1.54) is 11.6 Å². The Hall–Kier alpha value is -1.67. The smallest absolute Gasteiger partial charge is 0.126 e. The zero-order valence-electron chi connectivity index (χ0n) is 10.1. The van der Waals surface area contributed by atoms with Crippen molar-refractivity contribution in [2.24, 2.45) is 5.73 Å². The first-order valence-corrected chi connectivity index (χ1v) is 5.66. The number of hydrogen-bond donors (Lipinski definition) is 1. The van der Waals surface area contributed by atoms with Crippen molar-refractivity contribution in [3.05, 3.63) is 70.5 Å². The Morgan fingerprint density at radius 2 is 1.53 bits per heavy atom. The Balaban J connectivity index is 2.33. The van der Waals surface area contributed by atoms with Crippen LogP contribution in [0.1, 0.15) is 28.3 Å². The van der Waals surface area contributed by atoms with Gasteiger partial charge in [-0.3, -0.25) is 0 Å². The van der Waals surface area contributed by atoms with Gasteiger partial charge >= 0.3 is 0 Å². The summed E-state index contributed by atoms with van der Waals surface area (Å²) in [7, 11) is 0. The van der Waals surface area contributed by atoms with E-state index in [-0.39, 0.29) is 11.9 Å². The number of aryl methyl sites for hydroxylation is 2. The molecule has 2 N–H and O–H groups in total. The van der Waals surface area contributed by atoms with Gasteiger partial charge in [0, 0.05) is 0 Å². The largest absolute Gasteiger partial charge is 0.320 e. The van der Waals surface area contributed by atoms with Gasteiger partial charge in [-0.15, -0.1) is 0 Å². The van der Waals surface area contributed by atoms with Gasteiger partial charge in [0.15, 0.2) is 0 Å². The fraction of sp³-hybridized carbons (Fsp3) is 0.200. The van der Waals surface area contributed by atoms with Gasteiger partial charge in [0.25, 0.3) is 0 Å². The van der Waals surface area contributed by atoms with Gasteiger partial charge in [-0.05, 0) is 36.6 Å². The fourth-order valence-electron chi connectivity index (χ4n) is 1.77. The number of hydrogen-bond acceptors (Lipinski definition) is 1. The number of halogens is 1. The highest BCUT2D eigenvalue weighted by Gasteiger charge is 2.10. The monoisotopic (exact) mass is 229 g/mol. The minimum atomic E-state index is -0.273. The lowest BCUT2D eigenvalue weighted by atomic mass is 9.98. The molecule has 2 rings (SSSR count). The van der Waals surface area contributed by atoms with Crippen molar-refractivity contribution >= 4 is 0 Å². The highest BCUT2D eigenvalue weighted by atomic mass is 19.1. The molecule has 88 valence electrons. The molecule has 1 atom stereocenters. The lowest BCUT2D eigenvalue weighted by Crippen LogP contribution is -2.12. The molecule has 0 radical (unpaired) electrons. The van der Waals surface area contributed by atoms with E-state index in [1.807, 2.05) is 37.3 Å². The fourth-order valence-corrected chi connectivity index (χ4v) is 1.77. The quantitative estimate of drug-likeness (QED) is 0.838. The highest BCUT2D eigenvalue weighted by molar-refractivity contribution is 5.34. The first-order chi connectivity index (χ1) is 8.08. The standard InChI is InChI=1S/C15H16FN/c1-10-3-6-12(7-4-10)15(17)13-8-5-11(2)14(16)9-13/h3-9,15H,17H2,1-2H3. The molecule has 0 aromatic heterocycles. The normalized spacial score (nSPS) is 12.5. The molecule has 2 aromatic rings.